The maximum atomic E-state index is 5.42. The van der Waals surface area contributed by atoms with Gasteiger partial charge in [-0.3, -0.25) is 0 Å². The number of rotatable bonds is 2. The van der Waals surface area contributed by atoms with Crippen molar-refractivity contribution in [2.45, 2.75) is 6.82 Å². The lowest BCUT2D eigenvalue weighted by molar-refractivity contribution is 1.24. The summed E-state index contributed by atoms with van der Waals surface area (Å²) in [4.78, 5) is 0. The SMILES string of the molecule is NN=C(c1ccccc1)c1ccccc1.[B]C. The molecular weight excluding hydrogens is 207 g/mol. The summed E-state index contributed by atoms with van der Waals surface area (Å²) in [6.45, 7) is 1.50. The summed E-state index contributed by atoms with van der Waals surface area (Å²) in [5.74, 6) is 5.42. The second-order valence-electron chi connectivity index (χ2n) is 3.21. The lowest BCUT2D eigenvalue weighted by Crippen LogP contribution is -2.05. The molecule has 0 atom stereocenters. The van der Waals surface area contributed by atoms with E-state index in [0.29, 0.717) is 0 Å². The predicted molar refractivity (Wildman–Crippen MR) is 74.3 cm³/mol. The van der Waals surface area contributed by atoms with Crippen molar-refractivity contribution < 1.29 is 0 Å². The molecule has 2 aromatic carbocycles. The van der Waals surface area contributed by atoms with Crippen LogP contribution in [0.3, 0.4) is 0 Å². The third kappa shape index (κ3) is 3.49. The first kappa shape index (κ1) is 13.0. The van der Waals surface area contributed by atoms with E-state index in [0.717, 1.165) is 16.8 Å². The highest BCUT2D eigenvalue weighted by Crippen LogP contribution is 2.09. The van der Waals surface area contributed by atoms with Crippen molar-refractivity contribution in [3.05, 3.63) is 71.8 Å². The van der Waals surface area contributed by atoms with Crippen molar-refractivity contribution in [3.63, 3.8) is 0 Å². The van der Waals surface area contributed by atoms with Crippen LogP contribution in [0.1, 0.15) is 11.1 Å². The molecule has 0 spiro atoms. The van der Waals surface area contributed by atoms with Gasteiger partial charge in [0.1, 0.15) is 0 Å². The Hall–Kier alpha value is -2.03. The van der Waals surface area contributed by atoms with E-state index in [1.807, 2.05) is 60.7 Å². The average molecular weight is 222 g/mol. The van der Waals surface area contributed by atoms with Gasteiger partial charge >= 0.3 is 0 Å². The maximum Gasteiger partial charge on any atom is 0.0971 e. The molecule has 2 nitrogen and oxygen atoms in total. The first-order valence-electron chi connectivity index (χ1n) is 5.38. The minimum Gasteiger partial charge on any atom is -0.323 e. The Kier molecular flexibility index (Phi) is 5.59. The molecule has 84 valence electrons. The molecule has 17 heavy (non-hydrogen) atoms. The largest absolute Gasteiger partial charge is 0.323 e. The van der Waals surface area contributed by atoms with Crippen molar-refractivity contribution in [2.24, 2.45) is 10.9 Å². The number of benzene rings is 2. The van der Waals surface area contributed by atoms with E-state index in [9.17, 15) is 0 Å². The van der Waals surface area contributed by atoms with E-state index in [2.05, 4.69) is 12.9 Å². The number of nitrogens with zero attached hydrogens (tertiary/aromatic N) is 1. The van der Waals surface area contributed by atoms with Crippen molar-refractivity contribution in [3.8, 4) is 0 Å². The second kappa shape index (κ2) is 7.28. The van der Waals surface area contributed by atoms with Crippen molar-refractivity contribution in [1.29, 1.82) is 0 Å². The number of hydrogen-bond donors (Lipinski definition) is 1. The minimum absolute atomic E-state index is 0.816. The molecule has 0 aliphatic carbocycles. The Morgan fingerprint density at radius 2 is 1.18 bits per heavy atom. The standard InChI is InChI=1S/C13H12N2.CH3B/c14-15-13(11-7-3-1-4-8-11)12-9-5-2-6-10-12;1-2/h1-10H,14H2;1H3. The molecular formula is C14H15BN2. The van der Waals surface area contributed by atoms with Crippen LogP contribution in [0.15, 0.2) is 65.8 Å². The smallest absolute Gasteiger partial charge is 0.0971 e. The molecule has 0 bridgehead atoms. The van der Waals surface area contributed by atoms with Crippen LogP contribution >= 0.6 is 0 Å². The van der Waals surface area contributed by atoms with Gasteiger partial charge in [0.2, 0.25) is 0 Å². The Balaban J connectivity index is 0.000000686. The molecule has 0 aliphatic heterocycles. The summed E-state index contributed by atoms with van der Waals surface area (Å²) in [5, 5.41) is 3.85. The van der Waals surface area contributed by atoms with Gasteiger partial charge in [0.25, 0.3) is 0 Å². The highest BCUT2D eigenvalue weighted by molar-refractivity contribution is 6.12. The topological polar surface area (TPSA) is 38.4 Å². The fourth-order valence-electron chi connectivity index (χ4n) is 1.51. The highest BCUT2D eigenvalue weighted by Gasteiger charge is 2.04. The lowest BCUT2D eigenvalue weighted by Gasteiger charge is -2.04. The quantitative estimate of drug-likeness (QED) is 0.360. The summed E-state index contributed by atoms with van der Waals surface area (Å²) in [6.07, 6.45) is 0. The van der Waals surface area contributed by atoms with Crippen LogP contribution in [0.5, 0.6) is 0 Å². The molecule has 2 N–H and O–H groups in total. The van der Waals surface area contributed by atoms with E-state index < -0.39 is 0 Å². The fourth-order valence-corrected chi connectivity index (χ4v) is 1.51. The van der Waals surface area contributed by atoms with Crippen LogP contribution in [-0.4, -0.2) is 13.6 Å². The molecule has 0 unspecified atom stereocenters. The summed E-state index contributed by atoms with van der Waals surface area (Å²) >= 11 is 0. The second-order valence-corrected chi connectivity index (χ2v) is 3.21. The molecule has 0 saturated heterocycles. The predicted octanol–water partition coefficient (Wildman–Crippen LogP) is 2.60. The molecule has 0 aliphatic rings. The van der Waals surface area contributed by atoms with Crippen LogP contribution in [0.25, 0.3) is 0 Å². The van der Waals surface area contributed by atoms with Crippen LogP contribution in [-0.2, 0) is 0 Å². The van der Waals surface area contributed by atoms with Gasteiger partial charge in [-0.2, -0.15) is 5.10 Å². The van der Waals surface area contributed by atoms with Crippen LogP contribution in [0.4, 0.5) is 0 Å². The third-order valence-corrected chi connectivity index (χ3v) is 2.22. The van der Waals surface area contributed by atoms with E-state index in [4.69, 9.17) is 5.84 Å². The van der Waals surface area contributed by atoms with Gasteiger partial charge in [-0.25, -0.2) is 0 Å². The van der Waals surface area contributed by atoms with Crippen molar-refractivity contribution >= 4 is 13.6 Å². The Bertz CT molecular complexity index is 411. The first-order chi connectivity index (χ1) is 8.42. The van der Waals surface area contributed by atoms with E-state index >= 15 is 0 Å². The molecule has 0 amide bonds. The maximum absolute atomic E-state index is 5.42. The van der Waals surface area contributed by atoms with Gasteiger partial charge in [0, 0.05) is 11.1 Å². The normalized spacial score (nSPS) is 8.76. The minimum atomic E-state index is 0.816. The van der Waals surface area contributed by atoms with Crippen molar-refractivity contribution in [1.82, 2.24) is 0 Å². The zero-order valence-corrected chi connectivity index (χ0v) is 9.88. The van der Waals surface area contributed by atoms with Gasteiger partial charge in [-0.1, -0.05) is 67.5 Å². The summed E-state index contributed by atoms with van der Waals surface area (Å²) in [7, 11) is 4.50. The van der Waals surface area contributed by atoms with Crippen LogP contribution < -0.4 is 5.84 Å². The number of hydrazone groups is 1. The Morgan fingerprint density at radius 3 is 1.47 bits per heavy atom. The molecule has 0 saturated carbocycles. The molecule has 2 rings (SSSR count). The third-order valence-electron chi connectivity index (χ3n) is 2.22. The molecule has 0 fully saturated rings. The van der Waals surface area contributed by atoms with E-state index in [1.54, 1.807) is 0 Å². The molecule has 2 radical (unpaired) electrons. The number of hydrogen-bond acceptors (Lipinski definition) is 2. The molecule has 0 aromatic heterocycles. The summed E-state index contributed by atoms with van der Waals surface area (Å²) < 4.78 is 0. The molecule has 3 heteroatoms. The number of nitrogens with two attached hydrogens (primary N) is 1. The monoisotopic (exact) mass is 222 g/mol. The zero-order chi connectivity index (χ0) is 12.5. The van der Waals surface area contributed by atoms with E-state index in [1.165, 1.54) is 6.82 Å². The molecule has 2 aromatic rings. The van der Waals surface area contributed by atoms with Crippen LogP contribution in [0.2, 0.25) is 6.82 Å². The Labute approximate surface area is 104 Å². The fraction of sp³-hybridized carbons (Fsp3) is 0.0714. The molecule has 0 heterocycles. The first-order valence-corrected chi connectivity index (χ1v) is 5.38. The van der Waals surface area contributed by atoms with Crippen LogP contribution in [0, 0.1) is 0 Å². The summed E-state index contributed by atoms with van der Waals surface area (Å²) in [6, 6.07) is 19.8. The summed E-state index contributed by atoms with van der Waals surface area (Å²) in [5.41, 5.74) is 2.88. The van der Waals surface area contributed by atoms with Gasteiger partial charge in [0.15, 0.2) is 0 Å². The lowest BCUT2D eigenvalue weighted by atomic mass is 10.0. The average Bonchev–Trinajstić information content (AvgIpc) is 2.44. The van der Waals surface area contributed by atoms with Gasteiger partial charge in [0.05, 0.1) is 13.6 Å². The highest BCUT2D eigenvalue weighted by atomic mass is 15.1. The Morgan fingerprint density at radius 1 is 0.824 bits per heavy atom. The van der Waals surface area contributed by atoms with Gasteiger partial charge < -0.3 is 5.84 Å². The van der Waals surface area contributed by atoms with Gasteiger partial charge in [-0.15, -0.1) is 0 Å². The van der Waals surface area contributed by atoms with E-state index in [-0.39, 0.29) is 0 Å². The zero-order valence-electron chi connectivity index (χ0n) is 9.88. The van der Waals surface area contributed by atoms with Gasteiger partial charge in [-0.05, 0) is 0 Å². The van der Waals surface area contributed by atoms with Crippen molar-refractivity contribution in [2.75, 3.05) is 0 Å².